The highest BCUT2D eigenvalue weighted by atomic mass is 35.5. The van der Waals surface area contributed by atoms with Crippen molar-refractivity contribution in [2.75, 3.05) is 5.75 Å². The summed E-state index contributed by atoms with van der Waals surface area (Å²) in [5.41, 5.74) is 0.238. The van der Waals surface area contributed by atoms with E-state index in [1.165, 1.54) is 43.3 Å². The minimum absolute atomic E-state index is 0.182. The number of hydrogen-bond acceptors (Lipinski definition) is 6. The second kappa shape index (κ2) is 7.06. The Morgan fingerprint density at radius 1 is 1.00 bits per heavy atom. The van der Waals surface area contributed by atoms with Gasteiger partial charge in [0.15, 0.2) is 0 Å². The highest BCUT2D eigenvalue weighted by Crippen LogP contribution is 2.32. The molecule has 0 aliphatic carbocycles. The molecule has 0 saturated heterocycles. The topological polar surface area (TPSA) is 94.3 Å². The molecule has 142 valence electrons. The molecule has 10 heteroatoms. The molecule has 2 aromatic carbocycles. The number of hydrogen-bond donors (Lipinski definition) is 0. The summed E-state index contributed by atoms with van der Waals surface area (Å²) < 4.78 is 69.0. The number of halogens is 2. The van der Waals surface area contributed by atoms with Crippen LogP contribution in [0.1, 0.15) is 6.92 Å². The molecule has 0 bridgehead atoms. The van der Waals surface area contributed by atoms with Gasteiger partial charge in [0.2, 0.25) is 30.6 Å². The first-order valence-corrected chi connectivity index (χ1v) is 11.2. The van der Waals surface area contributed by atoms with Crippen LogP contribution in [0.3, 0.4) is 0 Å². The van der Waals surface area contributed by atoms with Crippen LogP contribution in [0.4, 0.5) is 4.39 Å². The summed E-state index contributed by atoms with van der Waals surface area (Å²) in [5, 5.41) is -1.15. The Balaban J connectivity index is 2.24. The molecule has 6 nitrogen and oxygen atoms in total. The Morgan fingerprint density at radius 2 is 1.59 bits per heavy atom. The van der Waals surface area contributed by atoms with Crippen LogP contribution in [0.5, 0.6) is 0 Å². The highest BCUT2D eigenvalue weighted by Gasteiger charge is 2.34. The largest absolute Gasteiger partial charge is 0.423 e. The van der Waals surface area contributed by atoms with Crippen LogP contribution in [-0.2, 0) is 19.7 Å². The lowest BCUT2D eigenvalue weighted by Gasteiger charge is -2.03. The summed E-state index contributed by atoms with van der Waals surface area (Å²) in [7, 11) is -8.32. The Morgan fingerprint density at radius 3 is 2.15 bits per heavy atom. The summed E-state index contributed by atoms with van der Waals surface area (Å²) in [6.07, 6.45) is 0. The maximum atomic E-state index is 13.1. The molecule has 3 rings (SSSR count). The van der Waals surface area contributed by atoms with E-state index in [0.717, 1.165) is 12.1 Å². The van der Waals surface area contributed by atoms with Gasteiger partial charge in [0.05, 0.1) is 10.6 Å². The summed E-state index contributed by atoms with van der Waals surface area (Å²) in [5.74, 6) is -1.14. The van der Waals surface area contributed by atoms with Crippen LogP contribution < -0.4 is 0 Å². The smallest absolute Gasteiger partial charge is 0.258 e. The molecule has 0 radical (unpaired) electrons. The van der Waals surface area contributed by atoms with E-state index in [2.05, 4.69) is 4.98 Å². The van der Waals surface area contributed by atoms with E-state index in [0.29, 0.717) is 5.02 Å². The number of oxazole rings is 1. The zero-order valence-electron chi connectivity index (χ0n) is 13.9. The molecule has 0 spiro atoms. The Bertz CT molecular complexity index is 1190. The van der Waals surface area contributed by atoms with Gasteiger partial charge in [0.25, 0.3) is 5.09 Å². The van der Waals surface area contributed by atoms with Crippen molar-refractivity contribution in [3.05, 3.63) is 59.4 Å². The number of sulfone groups is 2. The average molecular weight is 430 g/mol. The first-order chi connectivity index (χ1) is 12.6. The average Bonchev–Trinajstić information content (AvgIpc) is 3.10. The van der Waals surface area contributed by atoms with Crippen LogP contribution in [-0.4, -0.2) is 27.6 Å². The summed E-state index contributed by atoms with van der Waals surface area (Å²) >= 11 is 5.78. The third-order valence-electron chi connectivity index (χ3n) is 3.70. The quantitative estimate of drug-likeness (QED) is 0.612. The second-order valence-electron chi connectivity index (χ2n) is 5.48. The molecule has 0 N–H and O–H groups in total. The molecule has 0 atom stereocenters. The van der Waals surface area contributed by atoms with Crippen molar-refractivity contribution in [2.45, 2.75) is 21.9 Å². The lowest BCUT2D eigenvalue weighted by molar-refractivity contribution is 0.445. The summed E-state index contributed by atoms with van der Waals surface area (Å²) in [6.45, 7) is 1.36. The third-order valence-corrected chi connectivity index (χ3v) is 7.36. The van der Waals surface area contributed by atoms with E-state index < -0.39 is 35.6 Å². The molecule has 0 saturated carbocycles. The molecule has 0 amide bonds. The fourth-order valence-corrected chi connectivity index (χ4v) is 5.03. The van der Waals surface area contributed by atoms with E-state index in [1.807, 2.05) is 0 Å². The number of aromatic nitrogens is 1. The molecule has 0 aliphatic heterocycles. The van der Waals surface area contributed by atoms with E-state index in [4.69, 9.17) is 16.0 Å². The van der Waals surface area contributed by atoms with Gasteiger partial charge < -0.3 is 4.42 Å². The predicted octanol–water partition coefficient (Wildman–Crippen LogP) is 3.76. The van der Waals surface area contributed by atoms with Crippen molar-refractivity contribution in [2.24, 2.45) is 0 Å². The van der Waals surface area contributed by atoms with Crippen molar-refractivity contribution in [1.29, 1.82) is 0 Å². The van der Waals surface area contributed by atoms with Crippen LogP contribution in [0.15, 0.2) is 68.0 Å². The third kappa shape index (κ3) is 3.76. The van der Waals surface area contributed by atoms with Crippen LogP contribution >= 0.6 is 11.6 Å². The van der Waals surface area contributed by atoms with Gasteiger partial charge in [0.1, 0.15) is 5.82 Å². The van der Waals surface area contributed by atoms with E-state index in [-0.39, 0.29) is 22.1 Å². The fraction of sp³-hybridized carbons (Fsp3) is 0.118. The van der Waals surface area contributed by atoms with Gasteiger partial charge in [-0.15, -0.1) is 0 Å². The van der Waals surface area contributed by atoms with Crippen LogP contribution in [0.2, 0.25) is 5.02 Å². The molecule has 27 heavy (non-hydrogen) atoms. The molecule has 0 unspecified atom stereocenters. The first-order valence-electron chi connectivity index (χ1n) is 7.65. The van der Waals surface area contributed by atoms with Gasteiger partial charge in [0, 0.05) is 10.6 Å². The molecule has 1 heterocycles. The summed E-state index contributed by atoms with van der Waals surface area (Å²) in [6, 6.07) is 10.1. The van der Waals surface area contributed by atoms with Gasteiger partial charge in [-0.25, -0.2) is 21.2 Å². The standard InChI is InChI=1S/C17H13ClFNO5S2/c1-2-26(21,22)17-16(27(23,24)14-9-5-12(18)6-10-14)20-15(25-17)11-3-7-13(19)8-4-11/h3-10H,2H2,1H3. The van der Waals surface area contributed by atoms with E-state index in [1.54, 1.807) is 0 Å². The Hall–Kier alpha value is -2.23. The lowest BCUT2D eigenvalue weighted by atomic mass is 10.2. The van der Waals surface area contributed by atoms with Crippen molar-refractivity contribution in [3.63, 3.8) is 0 Å². The first kappa shape index (κ1) is 19.5. The van der Waals surface area contributed by atoms with Crippen LogP contribution in [0, 0.1) is 5.82 Å². The summed E-state index contributed by atoms with van der Waals surface area (Å²) in [4.78, 5) is 3.72. The number of rotatable bonds is 5. The molecule has 1 aromatic heterocycles. The zero-order chi connectivity index (χ0) is 19.8. The second-order valence-corrected chi connectivity index (χ2v) is 9.96. The van der Waals surface area contributed by atoms with Gasteiger partial charge in [-0.05, 0) is 48.5 Å². The van der Waals surface area contributed by atoms with Gasteiger partial charge in [-0.3, -0.25) is 0 Å². The van der Waals surface area contributed by atoms with Gasteiger partial charge in [-0.1, -0.05) is 18.5 Å². The Kier molecular flexibility index (Phi) is 5.11. The van der Waals surface area contributed by atoms with Crippen molar-refractivity contribution < 1.29 is 25.6 Å². The maximum absolute atomic E-state index is 13.1. The Labute approximate surface area is 160 Å². The molecular formula is C17H13ClFNO5S2. The minimum atomic E-state index is -4.29. The van der Waals surface area contributed by atoms with Crippen molar-refractivity contribution in [3.8, 4) is 11.5 Å². The fourth-order valence-electron chi connectivity index (χ4n) is 2.23. The zero-order valence-corrected chi connectivity index (χ0v) is 16.3. The van der Waals surface area contributed by atoms with Crippen LogP contribution in [0.25, 0.3) is 11.5 Å². The lowest BCUT2D eigenvalue weighted by Crippen LogP contribution is -2.10. The van der Waals surface area contributed by atoms with E-state index >= 15 is 0 Å². The maximum Gasteiger partial charge on any atom is 0.258 e. The minimum Gasteiger partial charge on any atom is -0.423 e. The highest BCUT2D eigenvalue weighted by molar-refractivity contribution is 7.94. The molecule has 0 fully saturated rings. The van der Waals surface area contributed by atoms with Gasteiger partial charge in [-0.2, -0.15) is 4.98 Å². The number of nitrogens with zero attached hydrogens (tertiary/aromatic N) is 1. The SMILES string of the molecule is CCS(=O)(=O)c1oc(-c2ccc(F)cc2)nc1S(=O)(=O)c1ccc(Cl)cc1. The molecule has 0 aliphatic rings. The number of benzene rings is 2. The van der Waals surface area contributed by atoms with E-state index in [9.17, 15) is 21.2 Å². The van der Waals surface area contributed by atoms with Crippen molar-refractivity contribution in [1.82, 2.24) is 4.98 Å². The molecule has 3 aromatic rings. The monoisotopic (exact) mass is 429 g/mol. The predicted molar refractivity (Wildman–Crippen MR) is 96.5 cm³/mol. The van der Waals surface area contributed by atoms with Gasteiger partial charge >= 0.3 is 0 Å². The normalized spacial score (nSPS) is 12.3. The molecular weight excluding hydrogens is 417 g/mol. The van der Waals surface area contributed by atoms with Crippen molar-refractivity contribution >= 4 is 31.3 Å².